The molecule has 0 unspecified atom stereocenters. The molecule has 2 aromatic rings. The maximum absolute atomic E-state index is 11.2. The van der Waals surface area contributed by atoms with E-state index >= 15 is 0 Å². The number of H-pyrrole nitrogens is 1. The van der Waals surface area contributed by atoms with Gasteiger partial charge in [-0.15, -0.1) is 0 Å². The topological polar surface area (TPSA) is 84.3 Å². The van der Waals surface area contributed by atoms with Crippen molar-refractivity contribution < 1.29 is 4.74 Å². The van der Waals surface area contributed by atoms with Crippen LogP contribution in [0, 0.1) is 0 Å². The molecule has 0 aromatic carbocycles. The minimum absolute atomic E-state index is 0.282. The van der Waals surface area contributed by atoms with Crippen molar-refractivity contribution in [3.63, 3.8) is 0 Å². The van der Waals surface area contributed by atoms with Crippen molar-refractivity contribution in [3.05, 3.63) is 22.9 Å². The molecule has 0 aliphatic heterocycles. The summed E-state index contributed by atoms with van der Waals surface area (Å²) in [6.45, 7) is 4.21. The van der Waals surface area contributed by atoms with Gasteiger partial charge in [-0.1, -0.05) is 0 Å². The average molecular weight is 237 g/mol. The summed E-state index contributed by atoms with van der Waals surface area (Å²) in [5.74, 6) is 0.702. The number of ether oxygens (including phenoxy) is 1. The monoisotopic (exact) mass is 237 g/mol. The molecule has 2 aromatic heterocycles. The fourth-order valence-electron chi connectivity index (χ4n) is 1.44. The molecule has 2 N–H and O–H groups in total. The summed E-state index contributed by atoms with van der Waals surface area (Å²) in [6, 6.07) is 1.72. The Hall–Kier alpha value is -1.89. The van der Waals surface area contributed by atoms with Gasteiger partial charge in [0.05, 0.1) is 0 Å². The van der Waals surface area contributed by atoms with Crippen LogP contribution in [0.25, 0.3) is 5.65 Å². The van der Waals surface area contributed by atoms with Crippen LogP contribution in [-0.2, 0) is 4.74 Å². The summed E-state index contributed by atoms with van der Waals surface area (Å²) in [7, 11) is 0. The van der Waals surface area contributed by atoms with E-state index in [1.54, 1.807) is 6.07 Å². The maximum atomic E-state index is 11.2. The molecule has 0 spiro atoms. The highest BCUT2D eigenvalue weighted by atomic mass is 16.5. The number of hydrogen-bond donors (Lipinski definition) is 2. The van der Waals surface area contributed by atoms with Gasteiger partial charge in [0.25, 0.3) is 0 Å². The molecule has 0 atom stereocenters. The van der Waals surface area contributed by atoms with Crippen LogP contribution in [0.2, 0.25) is 0 Å². The molecule has 0 bridgehead atoms. The first-order valence-corrected chi connectivity index (χ1v) is 5.55. The molecule has 7 nitrogen and oxygen atoms in total. The molecule has 0 amide bonds. The van der Waals surface area contributed by atoms with Crippen molar-refractivity contribution in [1.82, 2.24) is 19.6 Å². The highest BCUT2D eigenvalue weighted by Gasteiger charge is 2.01. The van der Waals surface area contributed by atoms with Gasteiger partial charge in [-0.3, -0.25) is 0 Å². The summed E-state index contributed by atoms with van der Waals surface area (Å²) in [4.78, 5) is 15.3. The van der Waals surface area contributed by atoms with E-state index in [2.05, 4.69) is 20.5 Å². The van der Waals surface area contributed by atoms with E-state index in [1.807, 2.05) is 6.92 Å². The van der Waals surface area contributed by atoms with Crippen LogP contribution in [0.1, 0.15) is 13.3 Å². The Bertz CT molecular complexity index is 533. The van der Waals surface area contributed by atoms with Crippen LogP contribution in [0.3, 0.4) is 0 Å². The maximum Gasteiger partial charge on any atom is 0.348 e. The number of anilines is 1. The van der Waals surface area contributed by atoms with E-state index < -0.39 is 0 Å². The lowest BCUT2D eigenvalue weighted by Crippen LogP contribution is -2.11. The van der Waals surface area contributed by atoms with Gasteiger partial charge >= 0.3 is 5.69 Å². The molecular weight excluding hydrogens is 222 g/mol. The van der Waals surface area contributed by atoms with Crippen molar-refractivity contribution >= 4 is 11.5 Å². The van der Waals surface area contributed by atoms with Crippen molar-refractivity contribution in [3.8, 4) is 0 Å². The van der Waals surface area contributed by atoms with E-state index in [0.29, 0.717) is 11.5 Å². The normalized spacial score (nSPS) is 10.9. The average Bonchev–Trinajstić information content (AvgIpc) is 2.71. The number of nitrogens with zero attached hydrogens (tertiary/aromatic N) is 3. The van der Waals surface area contributed by atoms with Gasteiger partial charge in [0.15, 0.2) is 5.65 Å². The second kappa shape index (κ2) is 5.44. The van der Waals surface area contributed by atoms with Crippen LogP contribution < -0.4 is 11.0 Å². The summed E-state index contributed by atoms with van der Waals surface area (Å²) in [5.41, 5.74) is 0.271. The number of aromatic amines is 1. The SMILES string of the molecule is CCOCCCNc1cc2n[nH]c(=O)n2cn1. The predicted molar refractivity (Wildman–Crippen MR) is 63.2 cm³/mol. The van der Waals surface area contributed by atoms with Crippen molar-refractivity contribution in [2.45, 2.75) is 13.3 Å². The quantitative estimate of drug-likeness (QED) is 0.704. The third-order valence-electron chi connectivity index (χ3n) is 2.29. The number of rotatable bonds is 6. The molecule has 2 heterocycles. The van der Waals surface area contributed by atoms with Gasteiger partial charge in [0.1, 0.15) is 12.1 Å². The van der Waals surface area contributed by atoms with Crippen LogP contribution in [0.15, 0.2) is 17.2 Å². The lowest BCUT2D eigenvalue weighted by molar-refractivity contribution is 0.147. The van der Waals surface area contributed by atoms with Crippen LogP contribution >= 0.6 is 0 Å². The summed E-state index contributed by atoms with van der Waals surface area (Å²) < 4.78 is 6.57. The van der Waals surface area contributed by atoms with E-state index in [9.17, 15) is 4.79 Å². The van der Waals surface area contributed by atoms with Gasteiger partial charge in [-0.25, -0.2) is 19.3 Å². The fraction of sp³-hybridized carbons (Fsp3) is 0.500. The van der Waals surface area contributed by atoms with Gasteiger partial charge < -0.3 is 10.1 Å². The first-order valence-electron chi connectivity index (χ1n) is 5.55. The third-order valence-corrected chi connectivity index (χ3v) is 2.29. The van der Waals surface area contributed by atoms with Crippen molar-refractivity contribution in [2.24, 2.45) is 0 Å². The Labute approximate surface area is 97.8 Å². The number of hydrogen-bond acceptors (Lipinski definition) is 5. The molecule has 0 aliphatic rings. The number of fused-ring (bicyclic) bond motifs is 1. The zero-order valence-electron chi connectivity index (χ0n) is 9.64. The molecule has 17 heavy (non-hydrogen) atoms. The lowest BCUT2D eigenvalue weighted by atomic mass is 10.4. The molecule has 0 radical (unpaired) electrons. The number of aromatic nitrogens is 4. The highest BCUT2D eigenvalue weighted by Crippen LogP contribution is 2.03. The first kappa shape index (κ1) is 11.6. The van der Waals surface area contributed by atoms with Crippen molar-refractivity contribution in [1.29, 1.82) is 0 Å². The molecule has 0 saturated heterocycles. The standard InChI is InChI=1S/C10H15N5O2/c1-2-17-5-3-4-11-8-6-9-13-14-10(16)15(9)7-12-8/h6-7,11H,2-5H2,1H3,(H,14,16). The second-order valence-corrected chi connectivity index (χ2v) is 3.51. The fourth-order valence-corrected chi connectivity index (χ4v) is 1.44. The minimum Gasteiger partial charge on any atom is -0.382 e. The summed E-state index contributed by atoms with van der Waals surface area (Å²) in [6.07, 6.45) is 2.36. The Morgan fingerprint density at radius 1 is 1.59 bits per heavy atom. The Morgan fingerprint density at radius 2 is 2.47 bits per heavy atom. The molecule has 7 heteroatoms. The summed E-state index contributed by atoms with van der Waals surface area (Å²) in [5, 5.41) is 9.36. The van der Waals surface area contributed by atoms with Crippen LogP contribution in [0.5, 0.6) is 0 Å². The van der Waals surface area contributed by atoms with Crippen LogP contribution in [0.4, 0.5) is 5.82 Å². The Morgan fingerprint density at radius 3 is 3.29 bits per heavy atom. The lowest BCUT2D eigenvalue weighted by Gasteiger charge is -2.05. The molecular formula is C10H15N5O2. The molecule has 92 valence electrons. The smallest absolute Gasteiger partial charge is 0.348 e. The number of nitrogens with one attached hydrogen (secondary N) is 2. The molecule has 0 fully saturated rings. The minimum atomic E-state index is -0.282. The predicted octanol–water partition coefficient (Wildman–Crippen LogP) is 0.256. The van der Waals surface area contributed by atoms with E-state index in [4.69, 9.17) is 4.74 Å². The molecule has 2 rings (SSSR count). The first-order chi connectivity index (χ1) is 8.31. The van der Waals surface area contributed by atoms with Gasteiger partial charge in [-0.2, -0.15) is 5.10 Å². The molecule has 0 aliphatic carbocycles. The highest BCUT2D eigenvalue weighted by molar-refractivity contribution is 5.48. The molecule has 0 saturated carbocycles. The summed E-state index contributed by atoms with van der Waals surface area (Å²) >= 11 is 0. The largest absolute Gasteiger partial charge is 0.382 e. The zero-order valence-corrected chi connectivity index (χ0v) is 9.64. The van der Waals surface area contributed by atoms with E-state index in [0.717, 1.165) is 26.2 Å². The van der Waals surface area contributed by atoms with Crippen LogP contribution in [-0.4, -0.2) is 39.3 Å². The van der Waals surface area contributed by atoms with E-state index in [-0.39, 0.29) is 5.69 Å². The Balaban J connectivity index is 1.93. The second-order valence-electron chi connectivity index (χ2n) is 3.51. The van der Waals surface area contributed by atoms with Crippen molar-refractivity contribution in [2.75, 3.05) is 25.1 Å². The van der Waals surface area contributed by atoms with Gasteiger partial charge in [0, 0.05) is 25.8 Å². The third kappa shape index (κ3) is 2.82. The van der Waals surface area contributed by atoms with Gasteiger partial charge in [0.2, 0.25) is 0 Å². The Kier molecular flexibility index (Phi) is 3.71. The zero-order chi connectivity index (χ0) is 12.1. The van der Waals surface area contributed by atoms with Gasteiger partial charge in [-0.05, 0) is 13.3 Å². The van der Waals surface area contributed by atoms with E-state index in [1.165, 1.54) is 10.7 Å².